The Hall–Kier alpha value is -3.03. The summed E-state index contributed by atoms with van der Waals surface area (Å²) in [7, 11) is 1.37. The molecule has 2 amide bonds. The van der Waals surface area contributed by atoms with Crippen molar-refractivity contribution in [3.05, 3.63) is 76.0 Å². The maximum Gasteiger partial charge on any atom is 0.338 e. The number of carbonyl (C=O) groups is 2. The van der Waals surface area contributed by atoms with E-state index < -0.39 is 12.0 Å². The second-order valence-electron chi connectivity index (χ2n) is 8.25. The van der Waals surface area contributed by atoms with Crippen LogP contribution in [0.3, 0.4) is 0 Å². The monoisotopic (exact) mass is 468 g/mol. The molecule has 1 atom stereocenters. The van der Waals surface area contributed by atoms with Gasteiger partial charge in [0.05, 0.1) is 18.7 Å². The second kappa shape index (κ2) is 10.3. The van der Waals surface area contributed by atoms with Crippen LogP contribution in [0.5, 0.6) is 0 Å². The molecule has 0 aromatic heterocycles. The number of nitrogens with zero attached hydrogens (tertiary/aromatic N) is 2. The van der Waals surface area contributed by atoms with Crippen molar-refractivity contribution in [2.75, 3.05) is 44.7 Å². The number of methoxy groups -OCH3 is 1. The molecule has 2 aromatic carbocycles. The van der Waals surface area contributed by atoms with Crippen LogP contribution in [0.1, 0.15) is 24.1 Å². The third-order valence-electron chi connectivity index (χ3n) is 6.21. The summed E-state index contributed by atoms with van der Waals surface area (Å²) in [4.78, 5) is 29.8. The molecule has 33 heavy (non-hydrogen) atoms. The van der Waals surface area contributed by atoms with Crippen molar-refractivity contribution in [3.63, 3.8) is 0 Å². The Balaban J connectivity index is 1.54. The van der Waals surface area contributed by atoms with Gasteiger partial charge >= 0.3 is 12.0 Å². The van der Waals surface area contributed by atoms with Crippen LogP contribution < -0.4 is 15.5 Å². The SMILES string of the molecule is CCc1ccc([C@@H]2NC(=O)NC(CN3CCN(c4cccc(Cl)c4)CC3)=C2C(=O)OC)cc1. The number of hydrogen-bond acceptors (Lipinski definition) is 5. The Morgan fingerprint density at radius 1 is 1.12 bits per heavy atom. The fourth-order valence-corrected chi connectivity index (χ4v) is 4.53. The topological polar surface area (TPSA) is 73.9 Å². The predicted octanol–water partition coefficient (Wildman–Crippen LogP) is 3.51. The molecule has 4 rings (SSSR count). The number of amides is 2. The highest BCUT2D eigenvalue weighted by Crippen LogP contribution is 2.29. The zero-order valence-corrected chi connectivity index (χ0v) is 19.7. The Morgan fingerprint density at radius 3 is 2.48 bits per heavy atom. The third-order valence-corrected chi connectivity index (χ3v) is 6.44. The number of rotatable bonds is 6. The van der Waals surface area contributed by atoms with E-state index in [1.54, 1.807) is 0 Å². The molecule has 2 N–H and O–H groups in total. The predicted molar refractivity (Wildman–Crippen MR) is 129 cm³/mol. The Labute approximate surface area is 199 Å². The van der Waals surface area contributed by atoms with Crippen molar-refractivity contribution in [3.8, 4) is 0 Å². The zero-order chi connectivity index (χ0) is 23.4. The molecule has 7 nitrogen and oxygen atoms in total. The molecule has 0 saturated carbocycles. The fourth-order valence-electron chi connectivity index (χ4n) is 4.35. The van der Waals surface area contributed by atoms with Crippen LogP contribution in [-0.2, 0) is 16.0 Å². The summed E-state index contributed by atoms with van der Waals surface area (Å²) < 4.78 is 5.10. The van der Waals surface area contributed by atoms with Crippen molar-refractivity contribution in [1.29, 1.82) is 0 Å². The number of carbonyl (C=O) groups excluding carboxylic acids is 2. The fraction of sp³-hybridized carbons (Fsp3) is 0.360. The lowest BCUT2D eigenvalue weighted by molar-refractivity contribution is -0.136. The minimum atomic E-state index is -0.556. The smallest absolute Gasteiger partial charge is 0.338 e. The summed E-state index contributed by atoms with van der Waals surface area (Å²) in [6.45, 7) is 5.80. The number of urea groups is 1. The minimum Gasteiger partial charge on any atom is -0.466 e. The van der Waals surface area contributed by atoms with E-state index in [-0.39, 0.29) is 6.03 Å². The van der Waals surface area contributed by atoms with Gasteiger partial charge in [-0.25, -0.2) is 9.59 Å². The molecule has 0 radical (unpaired) electrons. The van der Waals surface area contributed by atoms with Gasteiger partial charge in [0.25, 0.3) is 0 Å². The first kappa shape index (κ1) is 23.1. The summed E-state index contributed by atoms with van der Waals surface area (Å²) in [5, 5.41) is 6.47. The van der Waals surface area contributed by atoms with E-state index in [9.17, 15) is 9.59 Å². The summed E-state index contributed by atoms with van der Waals surface area (Å²) in [5.41, 5.74) is 4.18. The Bertz CT molecular complexity index is 1050. The Morgan fingerprint density at radius 2 is 1.85 bits per heavy atom. The first-order chi connectivity index (χ1) is 16.0. The van der Waals surface area contributed by atoms with Crippen LogP contribution in [0.2, 0.25) is 5.02 Å². The van der Waals surface area contributed by atoms with Gasteiger partial charge in [-0.1, -0.05) is 48.9 Å². The number of hydrogen-bond donors (Lipinski definition) is 2. The lowest BCUT2D eigenvalue weighted by Crippen LogP contribution is -2.51. The molecule has 1 saturated heterocycles. The third kappa shape index (κ3) is 5.31. The van der Waals surface area contributed by atoms with Gasteiger partial charge in [-0.15, -0.1) is 0 Å². The minimum absolute atomic E-state index is 0.320. The molecule has 0 aliphatic carbocycles. The van der Waals surface area contributed by atoms with E-state index in [0.717, 1.165) is 48.9 Å². The first-order valence-electron chi connectivity index (χ1n) is 11.2. The largest absolute Gasteiger partial charge is 0.466 e. The molecule has 0 spiro atoms. The summed E-state index contributed by atoms with van der Waals surface area (Å²) in [6.07, 6.45) is 0.922. The van der Waals surface area contributed by atoms with E-state index in [0.29, 0.717) is 17.8 Å². The van der Waals surface area contributed by atoms with Gasteiger partial charge in [-0.3, -0.25) is 4.90 Å². The number of halogens is 1. The van der Waals surface area contributed by atoms with E-state index in [4.69, 9.17) is 16.3 Å². The van der Waals surface area contributed by atoms with Crippen LogP contribution in [-0.4, -0.2) is 56.7 Å². The molecular formula is C25H29ClN4O3. The average molecular weight is 469 g/mol. The maximum atomic E-state index is 12.8. The van der Waals surface area contributed by atoms with Gasteiger partial charge in [0.2, 0.25) is 0 Å². The molecule has 1 fully saturated rings. The van der Waals surface area contributed by atoms with Crippen molar-refractivity contribution in [1.82, 2.24) is 15.5 Å². The summed E-state index contributed by atoms with van der Waals surface area (Å²) in [6, 6.07) is 14.9. The number of anilines is 1. The normalized spacial score (nSPS) is 19.2. The molecule has 174 valence electrons. The van der Waals surface area contributed by atoms with Crippen LogP contribution in [0.4, 0.5) is 10.5 Å². The zero-order valence-electron chi connectivity index (χ0n) is 18.9. The van der Waals surface area contributed by atoms with Gasteiger partial charge in [0.1, 0.15) is 0 Å². The molecule has 0 bridgehead atoms. The number of piperazine rings is 1. The summed E-state index contributed by atoms with van der Waals surface area (Å²) in [5.74, 6) is -0.445. The van der Waals surface area contributed by atoms with Crippen molar-refractivity contribution >= 4 is 29.3 Å². The van der Waals surface area contributed by atoms with Crippen molar-refractivity contribution < 1.29 is 14.3 Å². The molecule has 2 aliphatic rings. The van der Waals surface area contributed by atoms with Gasteiger partial charge in [0, 0.05) is 49.1 Å². The van der Waals surface area contributed by atoms with Gasteiger partial charge < -0.3 is 20.3 Å². The van der Waals surface area contributed by atoms with Gasteiger partial charge in [-0.2, -0.15) is 0 Å². The molecule has 2 aliphatic heterocycles. The molecule has 2 heterocycles. The van der Waals surface area contributed by atoms with E-state index in [2.05, 4.69) is 33.4 Å². The first-order valence-corrected chi connectivity index (χ1v) is 11.6. The molecule has 8 heteroatoms. The number of ether oxygens (including phenoxy) is 1. The highest BCUT2D eigenvalue weighted by Gasteiger charge is 2.34. The lowest BCUT2D eigenvalue weighted by atomic mass is 9.94. The van der Waals surface area contributed by atoms with E-state index in [1.807, 2.05) is 42.5 Å². The van der Waals surface area contributed by atoms with Crippen LogP contribution in [0.25, 0.3) is 0 Å². The average Bonchev–Trinajstić information content (AvgIpc) is 2.84. The molecule has 0 unspecified atom stereocenters. The van der Waals surface area contributed by atoms with Crippen LogP contribution >= 0.6 is 11.6 Å². The lowest BCUT2D eigenvalue weighted by Gasteiger charge is -2.38. The Kier molecular flexibility index (Phi) is 7.20. The van der Waals surface area contributed by atoms with Crippen LogP contribution in [0.15, 0.2) is 59.8 Å². The molecular weight excluding hydrogens is 440 g/mol. The van der Waals surface area contributed by atoms with Crippen molar-refractivity contribution in [2.45, 2.75) is 19.4 Å². The number of esters is 1. The van der Waals surface area contributed by atoms with E-state index in [1.165, 1.54) is 12.7 Å². The highest BCUT2D eigenvalue weighted by atomic mass is 35.5. The summed E-state index contributed by atoms with van der Waals surface area (Å²) >= 11 is 6.14. The van der Waals surface area contributed by atoms with Crippen LogP contribution in [0, 0.1) is 0 Å². The van der Waals surface area contributed by atoms with Gasteiger partial charge in [0.15, 0.2) is 0 Å². The van der Waals surface area contributed by atoms with Gasteiger partial charge in [-0.05, 0) is 35.7 Å². The highest BCUT2D eigenvalue weighted by molar-refractivity contribution is 6.30. The second-order valence-corrected chi connectivity index (χ2v) is 8.69. The van der Waals surface area contributed by atoms with Crippen molar-refractivity contribution in [2.24, 2.45) is 0 Å². The maximum absolute atomic E-state index is 12.8. The standard InChI is InChI=1S/C25H29ClN4O3/c1-3-17-7-9-18(10-8-17)23-22(24(31)33-2)21(27-25(32)28-23)16-29-11-13-30(14-12-29)20-6-4-5-19(26)15-20/h4-10,15,23H,3,11-14,16H2,1-2H3,(H2,27,28,32)/t23-/m0/s1. The molecule has 2 aromatic rings. The number of aryl methyl sites for hydroxylation is 1. The van der Waals surface area contributed by atoms with E-state index >= 15 is 0 Å². The number of benzene rings is 2. The quantitative estimate of drug-likeness (QED) is 0.635. The number of nitrogens with one attached hydrogen (secondary N) is 2.